The Morgan fingerprint density at radius 2 is 1.80 bits per heavy atom. The Balaban J connectivity index is 3.07. The first-order chi connectivity index (χ1) is 8.96. The van der Waals surface area contributed by atoms with Crippen molar-refractivity contribution in [3.8, 4) is 0 Å². The smallest absolute Gasteiger partial charge is 0.406 e. The van der Waals surface area contributed by atoms with E-state index in [9.17, 15) is 21.6 Å². The number of aryl methyl sites for hydroxylation is 1. The fourth-order valence-corrected chi connectivity index (χ4v) is 3.30. The van der Waals surface area contributed by atoms with Gasteiger partial charge < -0.3 is 4.42 Å². The summed E-state index contributed by atoms with van der Waals surface area (Å²) in [5, 5.41) is -2.45. The molecule has 0 radical (unpaired) electrons. The third kappa shape index (κ3) is 3.76. The van der Waals surface area contributed by atoms with Gasteiger partial charge in [-0.3, -0.25) is 0 Å². The number of furan rings is 1. The Kier molecular flexibility index (Phi) is 4.91. The normalized spacial score (nSPS) is 15.1. The Hall–Kier alpha value is -1.02. The number of nitrogens with zero attached hydrogens (tertiary/aromatic N) is 1. The van der Waals surface area contributed by atoms with E-state index in [-0.39, 0.29) is 6.54 Å². The molecule has 0 aliphatic rings. The van der Waals surface area contributed by atoms with Crippen LogP contribution < -0.4 is 0 Å². The lowest BCUT2D eigenvalue weighted by atomic mass is 10.3. The predicted molar refractivity (Wildman–Crippen MR) is 68.6 cm³/mol. The van der Waals surface area contributed by atoms with Crippen molar-refractivity contribution in [1.82, 2.24) is 4.31 Å². The number of hydrogen-bond acceptors (Lipinski definition) is 3. The average molecular weight is 313 g/mol. The minimum absolute atomic E-state index is 0.214. The molecule has 0 saturated carbocycles. The highest BCUT2D eigenvalue weighted by Gasteiger charge is 2.48. The SMILES string of the molecule is Cc1ccc(CN(C(C)C)S(=O)(=O)C(C)C(F)(F)F)o1. The van der Waals surface area contributed by atoms with E-state index in [1.54, 1.807) is 19.1 Å². The summed E-state index contributed by atoms with van der Waals surface area (Å²) in [5.74, 6) is 0.888. The average Bonchev–Trinajstić information content (AvgIpc) is 2.69. The van der Waals surface area contributed by atoms with Crippen LogP contribution in [0.25, 0.3) is 0 Å². The summed E-state index contributed by atoms with van der Waals surface area (Å²) in [6.45, 7) is 5.16. The Bertz CT molecular complexity index is 549. The van der Waals surface area contributed by atoms with Gasteiger partial charge in [-0.25, -0.2) is 8.42 Å². The molecule has 1 heterocycles. The fourth-order valence-electron chi connectivity index (χ4n) is 1.66. The zero-order valence-electron chi connectivity index (χ0n) is 11.7. The van der Waals surface area contributed by atoms with Crippen LogP contribution in [0.4, 0.5) is 13.2 Å². The molecule has 0 saturated heterocycles. The van der Waals surface area contributed by atoms with Gasteiger partial charge in [0.1, 0.15) is 11.5 Å². The van der Waals surface area contributed by atoms with Gasteiger partial charge in [-0.2, -0.15) is 17.5 Å². The largest absolute Gasteiger partial charge is 0.465 e. The van der Waals surface area contributed by atoms with Gasteiger partial charge in [0.05, 0.1) is 6.54 Å². The van der Waals surface area contributed by atoms with Gasteiger partial charge in [-0.05, 0) is 39.8 Å². The number of hydrogen-bond donors (Lipinski definition) is 0. The van der Waals surface area contributed by atoms with Crippen molar-refractivity contribution in [2.24, 2.45) is 0 Å². The minimum Gasteiger partial charge on any atom is -0.465 e. The van der Waals surface area contributed by atoms with E-state index in [0.29, 0.717) is 18.4 Å². The third-order valence-electron chi connectivity index (χ3n) is 2.92. The summed E-state index contributed by atoms with van der Waals surface area (Å²) in [6.07, 6.45) is -4.80. The van der Waals surface area contributed by atoms with Crippen molar-refractivity contribution in [2.45, 2.75) is 51.7 Å². The van der Waals surface area contributed by atoms with Crippen LogP contribution in [0.3, 0.4) is 0 Å². The molecule has 0 fully saturated rings. The third-order valence-corrected chi connectivity index (χ3v) is 5.28. The van der Waals surface area contributed by atoms with E-state index in [1.165, 1.54) is 13.8 Å². The van der Waals surface area contributed by atoms with E-state index < -0.39 is 27.5 Å². The maximum absolute atomic E-state index is 12.7. The molecule has 0 aromatic carbocycles. The summed E-state index contributed by atoms with van der Waals surface area (Å²) in [4.78, 5) is 0. The molecule has 1 atom stereocenters. The van der Waals surface area contributed by atoms with Crippen LogP contribution in [-0.4, -0.2) is 30.2 Å². The second-order valence-electron chi connectivity index (χ2n) is 4.88. The summed E-state index contributed by atoms with van der Waals surface area (Å²) in [6, 6.07) is 2.58. The zero-order valence-corrected chi connectivity index (χ0v) is 12.5. The number of halogens is 3. The summed E-state index contributed by atoms with van der Waals surface area (Å²) < 4.78 is 68.3. The Labute approximate surface area is 116 Å². The van der Waals surface area contributed by atoms with Gasteiger partial charge >= 0.3 is 6.18 Å². The van der Waals surface area contributed by atoms with Crippen LogP contribution in [-0.2, 0) is 16.6 Å². The fraction of sp³-hybridized carbons (Fsp3) is 0.667. The predicted octanol–water partition coefficient (Wildman–Crippen LogP) is 3.08. The van der Waals surface area contributed by atoms with Crippen LogP contribution in [0.1, 0.15) is 32.3 Å². The second-order valence-corrected chi connectivity index (χ2v) is 7.09. The molecule has 1 aromatic heterocycles. The molecule has 0 N–H and O–H groups in total. The van der Waals surface area contributed by atoms with Crippen molar-refractivity contribution < 1.29 is 26.0 Å². The monoisotopic (exact) mass is 313 g/mol. The van der Waals surface area contributed by atoms with Gasteiger partial charge in [0.2, 0.25) is 10.0 Å². The summed E-state index contributed by atoms with van der Waals surface area (Å²) >= 11 is 0. The first-order valence-electron chi connectivity index (χ1n) is 6.09. The maximum atomic E-state index is 12.7. The summed E-state index contributed by atoms with van der Waals surface area (Å²) in [5.41, 5.74) is 0. The topological polar surface area (TPSA) is 50.5 Å². The zero-order chi connectivity index (χ0) is 15.7. The first-order valence-corrected chi connectivity index (χ1v) is 7.59. The van der Waals surface area contributed by atoms with Crippen LogP contribution in [0.2, 0.25) is 0 Å². The molecule has 0 aliphatic carbocycles. The second kappa shape index (κ2) is 5.77. The van der Waals surface area contributed by atoms with Gasteiger partial charge in [0.25, 0.3) is 0 Å². The Morgan fingerprint density at radius 3 is 2.15 bits per heavy atom. The van der Waals surface area contributed by atoms with Gasteiger partial charge in [-0.1, -0.05) is 0 Å². The van der Waals surface area contributed by atoms with E-state index in [1.807, 2.05) is 0 Å². The molecule has 0 aliphatic heterocycles. The lowest BCUT2D eigenvalue weighted by molar-refractivity contribution is -0.127. The maximum Gasteiger partial charge on any atom is 0.406 e. The first kappa shape index (κ1) is 17.0. The highest BCUT2D eigenvalue weighted by Crippen LogP contribution is 2.29. The van der Waals surface area contributed by atoms with E-state index in [0.717, 1.165) is 4.31 Å². The van der Waals surface area contributed by atoms with Crippen molar-refractivity contribution in [1.29, 1.82) is 0 Å². The molecular weight excluding hydrogens is 295 g/mol. The molecule has 4 nitrogen and oxygen atoms in total. The van der Waals surface area contributed by atoms with Gasteiger partial charge in [-0.15, -0.1) is 0 Å². The van der Waals surface area contributed by atoms with Crippen LogP contribution in [0.5, 0.6) is 0 Å². The van der Waals surface area contributed by atoms with Gasteiger partial charge in [0, 0.05) is 6.04 Å². The van der Waals surface area contributed by atoms with Crippen molar-refractivity contribution >= 4 is 10.0 Å². The molecule has 1 unspecified atom stereocenters. The molecular formula is C12H18F3NO3S. The van der Waals surface area contributed by atoms with Crippen molar-refractivity contribution in [3.63, 3.8) is 0 Å². The Morgan fingerprint density at radius 1 is 1.25 bits per heavy atom. The number of rotatable bonds is 5. The molecule has 20 heavy (non-hydrogen) atoms. The summed E-state index contributed by atoms with van der Waals surface area (Å²) in [7, 11) is -4.50. The minimum atomic E-state index is -4.80. The van der Waals surface area contributed by atoms with Crippen LogP contribution in [0, 0.1) is 6.92 Å². The molecule has 8 heteroatoms. The van der Waals surface area contributed by atoms with E-state index >= 15 is 0 Å². The molecule has 0 bridgehead atoms. The lowest BCUT2D eigenvalue weighted by Crippen LogP contribution is -2.46. The molecule has 1 aromatic rings. The van der Waals surface area contributed by atoms with Crippen LogP contribution >= 0.6 is 0 Å². The standard InChI is InChI=1S/C12H18F3NO3S/c1-8(2)16(7-11-6-5-9(3)19-11)20(17,18)10(4)12(13,14)15/h5-6,8,10H,7H2,1-4H3. The van der Waals surface area contributed by atoms with Crippen LogP contribution in [0.15, 0.2) is 16.5 Å². The highest BCUT2D eigenvalue weighted by molar-refractivity contribution is 7.89. The lowest BCUT2D eigenvalue weighted by Gasteiger charge is -2.29. The van der Waals surface area contributed by atoms with Crippen molar-refractivity contribution in [3.05, 3.63) is 23.7 Å². The van der Waals surface area contributed by atoms with E-state index in [2.05, 4.69) is 0 Å². The molecule has 116 valence electrons. The number of alkyl halides is 3. The number of sulfonamides is 1. The highest BCUT2D eigenvalue weighted by atomic mass is 32.2. The molecule has 0 amide bonds. The van der Waals surface area contributed by atoms with E-state index in [4.69, 9.17) is 4.42 Å². The van der Waals surface area contributed by atoms with Crippen molar-refractivity contribution in [2.75, 3.05) is 0 Å². The molecule has 1 rings (SSSR count). The quantitative estimate of drug-likeness (QED) is 0.839. The molecule has 0 spiro atoms. The van der Waals surface area contributed by atoms with Gasteiger partial charge in [0.15, 0.2) is 5.25 Å².